The highest BCUT2D eigenvalue weighted by molar-refractivity contribution is 5.89. The van der Waals surface area contributed by atoms with Crippen molar-refractivity contribution >= 4 is 16.6 Å². The van der Waals surface area contributed by atoms with Crippen molar-refractivity contribution in [1.29, 1.82) is 0 Å². The third-order valence-corrected chi connectivity index (χ3v) is 5.56. The van der Waals surface area contributed by atoms with Gasteiger partial charge in [-0.05, 0) is 48.5 Å². The van der Waals surface area contributed by atoms with Crippen molar-refractivity contribution in [2.45, 2.75) is 31.6 Å². The molecule has 1 aliphatic heterocycles. The molecule has 0 aliphatic carbocycles. The lowest BCUT2D eigenvalue weighted by Gasteiger charge is -2.30. The molecule has 0 amide bonds. The molecule has 3 heteroatoms. The van der Waals surface area contributed by atoms with Crippen LogP contribution in [0.5, 0.6) is 0 Å². The van der Waals surface area contributed by atoms with Gasteiger partial charge in [-0.2, -0.15) is 0 Å². The molecular weight excluding hydrogens is 332 g/mol. The normalized spacial score (nSPS) is 16.3. The predicted octanol–water partition coefficient (Wildman–Crippen LogP) is 4.62. The van der Waals surface area contributed by atoms with Crippen LogP contribution in [-0.2, 0) is 11.2 Å². The monoisotopic (exact) mass is 358 g/mol. The average Bonchev–Trinajstić information content (AvgIpc) is 2.73. The van der Waals surface area contributed by atoms with Crippen molar-refractivity contribution < 1.29 is 4.79 Å². The van der Waals surface area contributed by atoms with Crippen molar-refractivity contribution in [1.82, 2.24) is 9.88 Å². The third-order valence-electron chi connectivity index (χ3n) is 5.56. The van der Waals surface area contributed by atoms with Crippen LogP contribution in [0.1, 0.15) is 36.3 Å². The number of carbonyl (C=O) groups is 1. The van der Waals surface area contributed by atoms with Crippen LogP contribution in [0.25, 0.3) is 10.8 Å². The molecule has 2 aromatic carbocycles. The van der Waals surface area contributed by atoms with E-state index in [-0.39, 0.29) is 5.92 Å². The number of piperidine rings is 1. The first-order chi connectivity index (χ1) is 13.3. The van der Waals surface area contributed by atoms with E-state index in [2.05, 4.69) is 40.2 Å². The molecule has 1 atom stereocenters. The number of ketones is 1. The molecule has 0 spiro atoms. The van der Waals surface area contributed by atoms with Gasteiger partial charge in [0.15, 0.2) is 0 Å². The van der Waals surface area contributed by atoms with E-state index in [9.17, 15) is 4.79 Å². The maximum Gasteiger partial charge on any atom is 0.145 e. The molecule has 0 unspecified atom stereocenters. The topological polar surface area (TPSA) is 33.2 Å². The molecule has 27 heavy (non-hydrogen) atoms. The number of pyridine rings is 1. The first-order valence-corrected chi connectivity index (χ1v) is 9.92. The maximum absolute atomic E-state index is 13.3. The summed E-state index contributed by atoms with van der Waals surface area (Å²) in [5, 5.41) is 2.25. The zero-order valence-corrected chi connectivity index (χ0v) is 15.7. The van der Waals surface area contributed by atoms with E-state index in [0.29, 0.717) is 12.2 Å². The number of rotatable bonds is 6. The van der Waals surface area contributed by atoms with Gasteiger partial charge in [0.05, 0.1) is 5.92 Å². The lowest BCUT2D eigenvalue weighted by atomic mass is 9.89. The van der Waals surface area contributed by atoms with Gasteiger partial charge >= 0.3 is 0 Å². The molecule has 3 nitrogen and oxygen atoms in total. The highest BCUT2D eigenvalue weighted by atomic mass is 16.1. The molecule has 1 saturated heterocycles. The molecule has 3 aromatic rings. The molecule has 138 valence electrons. The lowest BCUT2D eigenvalue weighted by Crippen LogP contribution is -2.36. The minimum atomic E-state index is -0.0579. The minimum absolute atomic E-state index is 0.0579. The zero-order chi connectivity index (χ0) is 18.5. The fourth-order valence-electron chi connectivity index (χ4n) is 4.05. The number of benzene rings is 2. The van der Waals surface area contributed by atoms with Crippen LogP contribution in [0, 0.1) is 0 Å². The summed E-state index contributed by atoms with van der Waals surface area (Å²) in [4.78, 5) is 19.9. The van der Waals surface area contributed by atoms with Crippen LogP contribution >= 0.6 is 0 Å². The Kier molecular flexibility index (Phi) is 5.59. The highest BCUT2D eigenvalue weighted by Gasteiger charge is 2.24. The molecule has 2 heterocycles. The first-order valence-electron chi connectivity index (χ1n) is 9.92. The number of Topliss-reactive ketones (excluding diaryl/α,β-unsaturated/α-hetero) is 1. The third kappa shape index (κ3) is 4.42. The Bertz CT molecular complexity index is 900. The molecule has 0 saturated carbocycles. The molecule has 4 rings (SSSR count). The van der Waals surface area contributed by atoms with Gasteiger partial charge < -0.3 is 4.90 Å². The second-order valence-electron chi connectivity index (χ2n) is 7.52. The van der Waals surface area contributed by atoms with Crippen molar-refractivity contribution in [3.05, 3.63) is 78.1 Å². The number of likely N-dealkylation sites (tertiary alicyclic amines) is 1. The van der Waals surface area contributed by atoms with E-state index in [4.69, 9.17) is 0 Å². The summed E-state index contributed by atoms with van der Waals surface area (Å²) >= 11 is 0. The van der Waals surface area contributed by atoms with E-state index in [0.717, 1.165) is 41.5 Å². The molecule has 0 N–H and O–H groups in total. The largest absolute Gasteiger partial charge is 0.302 e. The molecule has 0 bridgehead atoms. The average molecular weight is 358 g/mol. The van der Waals surface area contributed by atoms with Gasteiger partial charge in [0, 0.05) is 30.7 Å². The highest BCUT2D eigenvalue weighted by Crippen LogP contribution is 2.23. The molecule has 1 fully saturated rings. The Hall–Kier alpha value is -2.52. The lowest BCUT2D eigenvalue weighted by molar-refractivity contribution is -0.120. The number of aromatic nitrogens is 1. The van der Waals surface area contributed by atoms with Crippen LogP contribution in [-0.4, -0.2) is 35.3 Å². The summed E-state index contributed by atoms with van der Waals surface area (Å²) in [6.07, 6.45) is 7.95. The van der Waals surface area contributed by atoms with E-state index in [1.54, 1.807) is 6.20 Å². The Balaban J connectivity index is 1.55. The van der Waals surface area contributed by atoms with Gasteiger partial charge in [-0.25, -0.2) is 0 Å². The van der Waals surface area contributed by atoms with E-state index in [1.807, 2.05) is 30.5 Å². The second kappa shape index (κ2) is 8.45. The maximum atomic E-state index is 13.3. The summed E-state index contributed by atoms with van der Waals surface area (Å²) in [5.41, 5.74) is 2.22. The summed E-state index contributed by atoms with van der Waals surface area (Å²) in [6, 6.07) is 18.5. The molecular formula is C24H26N2O. The predicted molar refractivity (Wildman–Crippen MR) is 110 cm³/mol. The first kappa shape index (κ1) is 17.9. The Morgan fingerprint density at radius 1 is 0.963 bits per heavy atom. The van der Waals surface area contributed by atoms with Gasteiger partial charge in [-0.15, -0.1) is 0 Å². The summed E-state index contributed by atoms with van der Waals surface area (Å²) < 4.78 is 0. The molecule has 0 radical (unpaired) electrons. The van der Waals surface area contributed by atoms with Crippen LogP contribution in [0.3, 0.4) is 0 Å². The Labute approximate surface area is 161 Å². The number of hydrogen-bond acceptors (Lipinski definition) is 3. The van der Waals surface area contributed by atoms with Crippen molar-refractivity contribution in [3.8, 4) is 0 Å². The zero-order valence-electron chi connectivity index (χ0n) is 15.7. The van der Waals surface area contributed by atoms with Gasteiger partial charge in [0.1, 0.15) is 5.78 Å². The van der Waals surface area contributed by atoms with E-state index < -0.39 is 0 Å². The Morgan fingerprint density at radius 3 is 2.59 bits per heavy atom. The number of hydrogen-bond donors (Lipinski definition) is 0. The van der Waals surface area contributed by atoms with Gasteiger partial charge in [-0.1, -0.05) is 55.0 Å². The summed E-state index contributed by atoms with van der Waals surface area (Å²) in [6.45, 7) is 3.06. The van der Waals surface area contributed by atoms with Crippen LogP contribution in [0.4, 0.5) is 0 Å². The number of carbonyl (C=O) groups excluding carboxylic acids is 1. The summed E-state index contributed by atoms with van der Waals surface area (Å²) in [5.74, 6) is 0.248. The smallest absolute Gasteiger partial charge is 0.145 e. The van der Waals surface area contributed by atoms with Crippen LogP contribution < -0.4 is 0 Å². The number of fused-ring (bicyclic) bond motifs is 1. The summed E-state index contributed by atoms with van der Waals surface area (Å²) in [7, 11) is 0. The van der Waals surface area contributed by atoms with Crippen molar-refractivity contribution in [2.75, 3.05) is 19.6 Å². The van der Waals surface area contributed by atoms with E-state index >= 15 is 0 Å². The Morgan fingerprint density at radius 2 is 1.78 bits per heavy atom. The van der Waals surface area contributed by atoms with Crippen LogP contribution in [0.15, 0.2) is 67.0 Å². The quantitative estimate of drug-likeness (QED) is 0.645. The fourth-order valence-corrected chi connectivity index (χ4v) is 4.05. The van der Waals surface area contributed by atoms with Gasteiger partial charge in [0.25, 0.3) is 0 Å². The van der Waals surface area contributed by atoms with Crippen LogP contribution in [0.2, 0.25) is 0 Å². The molecule has 1 aliphatic rings. The van der Waals surface area contributed by atoms with Crippen molar-refractivity contribution in [3.63, 3.8) is 0 Å². The standard InChI is InChI=1S/C24H26N2O/c27-24(16-19-9-10-22-17-25-12-11-21(22)15-19)23(20-7-3-1-4-8-20)18-26-13-5-2-6-14-26/h1,3-4,7-12,15,17,23H,2,5-6,13-14,16,18H2/t23-/m1/s1. The minimum Gasteiger partial charge on any atom is -0.302 e. The number of nitrogens with zero attached hydrogens (tertiary/aromatic N) is 2. The van der Waals surface area contributed by atoms with Crippen molar-refractivity contribution in [2.24, 2.45) is 0 Å². The SMILES string of the molecule is O=C(Cc1ccc2cnccc2c1)[C@H](CN1CCCCC1)c1ccccc1. The molecule has 1 aromatic heterocycles. The van der Waals surface area contributed by atoms with Gasteiger partial charge in [-0.3, -0.25) is 9.78 Å². The second-order valence-corrected chi connectivity index (χ2v) is 7.52. The van der Waals surface area contributed by atoms with Gasteiger partial charge in [0.2, 0.25) is 0 Å². The fraction of sp³-hybridized carbons (Fsp3) is 0.333. The van der Waals surface area contributed by atoms with E-state index in [1.165, 1.54) is 19.3 Å².